The lowest BCUT2D eigenvalue weighted by Gasteiger charge is -2.13. The van der Waals surface area contributed by atoms with E-state index in [0.29, 0.717) is 6.54 Å². The Hall–Kier alpha value is -1.13. The number of nitrogens with two attached hydrogens (primary N) is 1. The van der Waals surface area contributed by atoms with Gasteiger partial charge in [-0.2, -0.15) is 0 Å². The first kappa shape index (κ1) is 13.9. The second-order valence-corrected chi connectivity index (χ2v) is 3.27. The number of hydrogen-bond acceptors (Lipinski definition) is 2. The zero-order valence-corrected chi connectivity index (χ0v) is 9.26. The minimum absolute atomic E-state index is 0. The van der Waals surface area contributed by atoms with Gasteiger partial charge in [0.25, 0.3) is 0 Å². The van der Waals surface area contributed by atoms with Crippen LogP contribution in [0.3, 0.4) is 0 Å². The Morgan fingerprint density at radius 1 is 1.40 bits per heavy atom. The van der Waals surface area contributed by atoms with Crippen molar-refractivity contribution in [2.75, 3.05) is 13.6 Å². The quantitative estimate of drug-likeness (QED) is 0.847. The molecule has 0 heterocycles. The monoisotopic (exact) mass is 232 g/mol. The summed E-state index contributed by atoms with van der Waals surface area (Å²) in [6.45, 7) is 0.792. The van der Waals surface area contributed by atoms with Crippen molar-refractivity contribution in [1.82, 2.24) is 4.90 Å². The summed E-state index contributed by atoms with van der Waals surface area (Å²) < 4.78 is 12.5. The van der Waals surface area contributed by atoms with E-state index in [1.807, 2.05) is 0 Å². The predicted octanol–water partition coefficient (Wildman–Crippen LogP) is 1.16. The largest absolute Gasteiger partial charge is 0.369 e. The summed E-state index contributed by atoms with van der Waals surface area (Å²) in [5.41, 5.74) is 5.98. The summed E-state index contributed by atoms with van der Waals surface area (Å²) in [5, 5.41) is 0. The molecule has 1 aromatic carbocycles. The standard InChI is InChI=1S/C10H13FN2O.ClH/c1-13(7-10(12)14)6-8-2-4-9(11)5-3-8;/h2-5H,6-7H2,1H3,(H2,12,14);1H. The molecule has 0 atom stereocenters. The van der Waals surface area contributed by atoms with Gasteiger partial charge in [-0.05, 0) is 24.7 Å². The van der Waals surface area contributed by atoms with Gasteiger partial charge in [0.15, 0.2) is 0 Å². The third-order valence-electron chi connectivity index (χ3n) is 1.79. The SMILES string of the molecule is CN(CC(N)=O)Cc1ccc(F)cc1.Cl. The van der Waals surface area contributed by atoms with Crippen LogP contribution in [0.15, 0.2) is 24.3 Å². The van der Waals surface area contributed by atoms with Crippen molar-refractivity contribution >= 4 is 18.3 Å². The first-order valence-corrected chi connectivity index (χ1v) is 4.29. The van der Waals surface area contributed by atoms with Crippen LogP contribution in [-0.2, 0) is 11.3 Å². The number of benzene rings is 1. The minimum atomic E-state index is -0.366. The van der Waals surface area contributed by atoms with Crippen LogP contribution >= 0.6 is 12.4 Å². The van der Waals surface area contributed by atoms with Gasteiger partial charge < -0.3 is 5.73 Å². The normalized spacial score (nSPS) is 9.80. The lowest BCUT2D eigenvalue weighted by Crippen LogP contribution is -2.30. The van der Waals surface area contributed by atoms with Gasteiger partial charge in [0, 0.05) is 6.54 Å². The van der Waals surface area contributed by atoms with Gasteiger partial charge in [0.2, 0.25) is 5.91 Å². The number of likely N-dealkylation sites (N-methyl/N-ethyl adjacent to an activating group) is 1. The summed E-state index contributed by atoms with van der Waals surface area (Å²) in [5.74, 6) is -0.624. The number of halogens is 2. The number of primary amides is 1. The molecule has 0 aromatic heterocycles. The maximum Gasteiger partial charge on any atom is 0.231 e. The third kappa shape index (κ3) is 5.34. The molecule has 84 valence electrons. The van der Waals surface area contributed by atoms with Gasteiger partial charge in [0.05, 0.1) is 6.54 Å². The fourth-order valence-electron chi connectivity index (χ4n) is 1.22. The van der Waals surface area contributed by atoms with Crippen molar-refractivity contribution in [1.29, 1.82) is 0 Å². The van der Waals surface area contributed by atoms with Crippen molar-refractivity contribution < 1.29 is 9.18 Å². The van der Waals surface area contributed by atoms with E-state index in [4.69, 9.17) is 5.73 Å². The fourth-order valence-corrected chi connectivity index (χ4v) is 1.22. The van der Waals surface area contributed by atoms with Gasteiger partial charge in [-0.1, -0.05) is 12.1 Å². The molecule has 5 heteroatoms. The molecule has 1 aromatic rings. The molecule has 0 radical (unpaired) electrons. The summed E-state index contributed by atoms with van der Waals surface area (Å²) in [4.78, 5) is 12.3. The van der Waals surface area contributed by atoms with Crippen LogP contribution in [0.5, 0.6) is 0 Å². The Kier molecular flexibility index (Phi) is 5.89. The Labute approximate surface area is 94.5 Å². The van der Waals surface area contributed by atoms with E-state index in [2.05, 4.69) is 0 Å². The van der Waals surface area contributed by atoms with Crippen LogP contribution in [0.2, 0.25) is 0 Å². The molecule has 0 aliphatic heterocycles. The van der Waals surface area contributed by atoms with Crippen LogP contribution in [0.25, 0.3) is 0 Å². The first-order chi connectivity index (χ1) is 6.58. The zero-order valence-electron chi connectivity index (χ0n) is 8.44. The topological polar surface area (TPSA) is 46.3 Å². The molecule has 0 aliphatic rings. The highest BCUT2D eigenvalue weighted by Gasteiger charge is 2.03. The molecular formula is C10H14ClFN2O. The molecule has 2 N–H and O–H groups in total. The van der Waals surface area contributed by atoms with Gasteiger partial charge in [0.1, 0.15) is 5.82 Å². The van der Waals surface area contributed by atoms with Crippen molar-refractivity contribution in [2.24, 2.45) is 5.73 Å². The first-order valence-electron chi connectivity index (χ1n) is 4.29. The number of carbonyl (C=O) groups is 1. The molecule has 0 saturated heterocycles. The maximum atomic E-state index is 12.5. The highest BCUT2D eigenvalue weighted by atomic mass is 35.5. The lowest BCUT2D eigenvalue weighted by atomic mass is 10.2. The van der Waals surface area contributed by atoms with E-state index in [1.54, 1.807) is 24.1 Å². The zero-order chi connectivity index (χ0) is 10.6. The predicted molar refractivity (Wildman–Crippen MR) is 59.2 cm³/mol. The van der Waals surface area contributed by atoms with Gasteiger partial charge >= 0.3 is 0 Å². The highest BCUT2D eigenvalue weighted by Crippen LogP contribution is 2.04. The Bertz CT molecular complexity index is 316. The maximum absolute atomic E-state index is 12.5. The third-order valence-corrected chi connectivity index (χ3v) is 1.79. The Balaban J connectivity index is 0.00000196. The van der Waals surface area contributed by atoms with Crippen molar-refractivity contribution in [2.45, 2.75) is 6.54 Å². The van der Waals surface area contributed by atoms with Gasteiger partial charge in [-0.25, -0.2) is 4.39 Å². The van der Waals surface area contributed by atoms with Crippen LogP contribution in [0.1, 0.15) is 5.56 Å². The molecule has 0 fully saturated rings. The molecular weight excluding hydrogens is 219 g/mol. The summed E-state index contributed by atoms with van der Waals surface area (Å²) in [6.07, 6.45) is 0. The van der Waals surface area contributed by atoms with E-state index in [-0.39, 0.29) is 30.7 Å². The van der Waals surface area contributed by atoms with E-state index in [9.17, 15) is 9.18 Å². The van der Waals surface area contributed by atoms with Crippen LogP contribution < -0.4 is 5.73 Å². The fraction of sp³-hybridized carbons (Fsp3) is 0.300. The molecule has 3 nitrogen and oxygen atoms in total. The number of carbonyl (C=O) groups excluding carboxylic acids is 1. The Morgan fingerprint density at radius 3 is 2.40 bits per heavy atom. The summed E-state index contributed by atoms with van der Waals surface area (Å²) >= 11 is 0. The minimum Gasteiger partial charge on any atom is -0.369 e. The smallest absolute Gasteiger partial charge is 0.231 e. The molecule has 0 unspecified atom stereocenters. The summed E-state index contributed by atoms with van der Waals surface area (Å²) in [6, 6.07) is 6.17. The van der Waals surface area contributed by atoms with E-state index < -0.39 is 0 Å². The van der Waals surface area contributed by atoms with Crippen molar-refractivity contribution in [3.05, 3.63) is 35.6 Å². The highest BCUT2D eigenvalue weighted by molar-refractivity contribution is 5.85. The van der Waals surface area contributed by atoms with Crippen molar-refractivity contribution in [3.8, 4) is 0 Å². The second kappa shape index (κ2) is 6.37. The summed E-state index contributed by atoms with van der Waals surface area (Å²) in [7, 11) is 1.79. The number of rotatable bonds is 4. The molecule has 0 bridgehead atoms. The van der Waals surface area contributed by atoms with Crippen molar-refractivity contribution in [3.63, 3.8) is 0 Å². The Morgan fingerprint density at radius 2 is 1.93 bits per heavy atom. The number of hydrogen-bond donors (Lipinski definition) is 1. The molecule has 0 spiro atoms. The molecule has 15 heavy (non-hydrogen) atoms. The molecule has 1 amide bonds. The van der Waals surface area contributed by atoms with E-state index >= 15 is 0 Å². The average molecular weight is 233 g/mol. The average Bonchev–Trinajstić information content (AvgIpc) is 2.07. The number of nitrogens with zero attached hydrogens (tertiary/aromatic N) is 1. The van der Waals surface area contributed by atoms with Crippen LogP contribution in [0, 0.1) is 5.82 Å². The lowest BCUT2D eigenvalue weighted by molar-refractivity contribution is -0.118. The molecule has 0 saturated carbocycles. The van der Waals surface area contributed by atoms with Gasteiger partial charge in [-0.15, -0.1) is 12.4 Å². The van der Waals surface area contributed by atoms with Crippen LogP contribution in [-0.4, -0.2) is 24.4 Å². The molecule has 0 aliphatic carbocycles. The second-order valence-electron chi connectivity index (χ2n) is 3.27. The van der Waals surface area contributed by atoms with Crippen LogP contribution in [0.4, 0.5) is 4.39 Å². The van der Waals surface area contributed by atoms with E-state index in [0.717, 1.165) is 5.56 Å². The molecule has 1 rings (SSSR count). The number of amides is 1. The van der Waals surface area contributed by atoms with E-state index in [1.165, 1.54) is 12.1 Å². The van der Waals surface area contributed by atoms with Gasteiger partial charge in [-0.3, -0.25) is 9.69 Å².